The Hall–Kier alpha value is -2.58. The fraction of sp³-hybridized carbons (Fsp3) is 0.0625. The van der Waals surface area contributed by atoms with Crippen molar-refractivity contribution in [3.8, 4) is 6.07 Å². The highest BCUT2D eigenvalue weighted by Crippen LogP contribution is 2.22. The molecule has 0 N–H and O–H groups in total. The van der Waals surface area contributed by atoms with E-state index in [-0.39, 0.29) is 10.7 Å². The summed E-state index contributed by atoms with van der Waals surface area (Å²) in [5, 5.41) is 8.80. The molecule has 0 spiro atoms. The molecular weight excluding hydrogens is 286 g/mol. The van der Waals surface area contributed by atoms with Gasteiger partial charge in [0.2, 0.25) is 0 Å². The highest BCUT2D eigenvalue weighted by Gasteiger charge is 2.18. The van der Waals surface area contributed by atoms with Crippen LogP contribution in [-0.2, 0) is 14.3 Å². The summed E-state index contributed by atoms with van der Waals surface area (Å²) < 4.78 is 29.6. The predicted octanol–water partition coefficient (Wildman–Crippen LogP) is 3.27. The minimum Gasteiger partial charge on any atom is -0.378 e. The summed E-state index contributed by atoms with van der Waals surface area (Å²) in [4.78, 5) is 0.0490. The highest BCUT2D eigenvalue weighted by atomic mass is 32.2. The molecule has 21 heavy (non-hydrogen) atoms. The van der Waals surface area contributed by atoms with E-state index >= 15 is 0 Å². The molecule has 0 saturated heterocycles. The zero-order chi connectivity index (χ0) is 15.3. The molecule has 0 radical (unpaired) electrons. The summed E-state index contributed by atoms with van der Waals surface area (Å²) >= 11 is 0. The van der Waals surface area contributed by atoms with Crippen molar-refractivity contribution in [2.45, 2.75) is 11.8 Å². The summed E-state index contributed by atoms with van der Waals surface area (Å²) in [7, 11) is -3.97. The Labute approximate surface area is 124 Å². The molecule has 0 aromatic heterocycles. The van der Waals surface area contributed by atoms with Gasteiger partial charge in [0, 0.05) is 5.56 Å². The van der Waals surface area contributed by atoms with E-state index in [2.05, 4.69) is 0 Å². The molecule has 5 heteroatoms. The Morgan fingerprint density at radius 3 is 2.29 bits per heavy atom. The average molecular weight is 299 g/mol. The van der Waals surface area contributed by atoms with Crippen LogP contribution in [0.1, 0.15) is 11.1 Å². The van der Waals surface area contributed by atoms with Gasteiger partial charge in [-0.1, -0.05) is 48.0 Å². The average Bonchev–Trinajstić information content (AvgIpc) is 2.48. The Morgan fingerprint density at radius 1 is 1.10 bits per heavy atom. The third kappa shape index (κ3) is 3.71. The maximum atomic E-state index is 12.2. The van der Waals surface area contributed by atoms with Gasteiger partial charge in [-0.05, 0) is 19.1 Å². The van der Waals surface area contributed by atoms with Crippen molar-refractivity contribution in [1.29, 1.82) is 5.26 Å². The largest absolute Gasteiger partial charge is 0.378 e. The summed E-state index contributed by atoms with van der Waals surface area (Å²) in [5.41, 5.74) is 1.47. The smallest absolute Gasteiger partial charge is 0.339 e. The lowest BCUT2D eigenvalue weighted by molar-refractivity contribution is 0.463. The fourth-order valence-electron chi connectivity index (χ4n) is 1.69. The van der Waals surface area contributed by atoms with Crippen LogP contribution in [0.25, 0.3) is 5.76 Å². The molecule has 0 saturated carbocycles. The highest BCUT2D eigenvalue weighted by molar-refractivity contribution is 7.87. The standard InChI is InChI=1S/C16H13NO3S/c1-13-7-9-15(10-8-13)21(18,19)20-16(11-12-17)14-5-3-2-4-6-14/h2-11H,1H3/b16-11+. The number of rotatable bonds is 4. The lowest BCUT2D eigenvalue weighted by Crippen LogP contribution is -2.06. The van der Waals surface area contributed by atoms with E-state index < -0.39 is 10.1 Å². The third-order valence-electron chi connectivity index (χ3n) is 2.76. The molecule has 4 nitrogen and oxygen atoms in total. The van der Waals surface area contributed by atoms with Crippen molar-refractivity contribution in [2.75, 3.05) is 0 Å². The van der Waals surface area contributed by atoms with Gasteiger partial charge in [-0.15, -0.1) is 0 Å². The monoisotopic (exact) mass is 299 g/mol. The summed E-state index contributed by atoms with van der Waals surface area (Å²) in [6, 6.07) is 16.7. The first-order valence-corrected chi connectivity index (χ1v) is 7.60. The maximum Gasteiger partial charge on any atom is 0.339 e. The van der Waals surface area contributed by atoms with Crippen LogP contribution in [0.5, 0.6) is 0 Å². The minimum absolute atomic E-state index is 0.00123. The van der Waals surface area contributed by atoms with Gasteiger partial charge in [-0.2, -0.15) is 13.7 Å². The Balaban J connectivity index is 2.36. The molecule has 2 aromatic carbocycles. The van der Waals surface area contributed by atoms with Crippen LogP contribution in [0.2, 0.25) is 0 Å². The molecule has 0 heterocycles. The van der Waals surface area contributed by atoms with Gasteiger partial charge in [0.1, 0.15) is 4.90 Å². The summed E-state index contributed by atoms with van der Waals surface area (Å²) in [6.45, 7) is 1.86. The fourth-order valence-corrected chi connectivity index (χ4v) is 2.63. The molecule has 2 rings (SSSR count). The van der Waals surface area contributed by atoms with Crippen LogP contribution in [-0.4, -0.2) is 8.42 Å². The van der Waals surface area contributed by atoms with Gasteiger partial charge in [0.25, 0.3) is 0 Å². The van der Waals surface area contributed by atoms with Gasteiger partial charge < -0.3 is 4.18 Å². The number of hydrogen-bond acceptors (Lipinski definition) is 4. The van der Waals surface area contributed by atoms with E-state index in [0.717, 1.165) is 11.6 Å². The van der Waals surface area contributed by atoms with Crippen LogP contribution in [0, 0.1) is 18.3 Å². The second-order valence-electron chi connectivity index (χ2n) is 4.35. The SMILES string of the molecule is Cc1ccc(S(=O)(=O)O/C(=C/C#N)c2ccccc2)cc1. The van der Waals surface area contributed by atoms with Crippen molar-refractivity contribution in [1.82, 2.24) is 0 Å². The lowest BCUT2D eigenvalue weighted by Gasteiger charge is -2.10. The Bertz CT molecular complexity index is 786. The molecule has 0 unspecified atom stereocenters. The number of nitriles is 1. The summed E-state index contributed by atoms with van der Waals surface area (Å²) in [6.07, 6.45) is 1.07. The van der Waals surface area contributed by atoms with Crippen LogP contribution in [0.4, 0.5) is 0 Å². The van der Waals surface area contributed by atoms with Crippen molar-refractivity contribution in [3.05, 3.63) is 71.8 Å². The van der Waals surface area contributed by atoms with Crippen LogP contribution in [0.15, 0.2) is 65.6 Å². The van der Waals surface area contributed by atoms with Crippen molar-refractivity contribution >= 4 is 15.9 Å². The molecule has 0 aliphatic heterocycles. The van der Waals surface area contributed by atoms with Crippen LogP contribution < -0.4 is 0 Å². The first-order chi connectivity index (χ1) is 10.0. The van der Waals surface area contributed by atoms with Crippen molar-refractivity contribution in [3.63, 3.8) is 0 Å². The molecule has 0 fully saturated rings. The molecule has 0 amide bonds. The van der Waals surface area contributed by atoms with E-state index in [4.69, 9.17) is 9.44 Å². The van der Waals surface area contributed by atoms with Crippen LogP contribution >= 0.6 is 0 Å². The number of allylic oxidation sites excluding steroid dienone is 1. The third-order valence-corrected chi connectivity index (χ3v) is 4.01. The van der Waals surface area contributed by atoms with Crippen LogP contribution in [0.3, 0.4) is 0 Å². The number of nitrogens with zero attached hydrogens (tertiary/aromatic N) is 1. The second kappa shape index (κ2) is 6.25. The quantitative estimate of drug-likeness (QED) is 0.493. The van der Waals surface area contributed by atoms with Gasteiger partial charge >= 0.3 is 10.1 Å². The predicted molar refractivity (Wildman–Crippen MR) is 79.5 cm³/mol. The number of benzene rings is 2. The van der Waals surface area contributed by atoms with E-state index in [0.29, 0.717) is 5.56 Å². The maximum absolute atomic E-state index is 12.2. The zero-order valence-electron chi connectivity index (χ0n) is 11.4. The molecule has 0 atom stereocenters. The van der Waals surface area contributed by atoms with E-state index in [9.17, 15) is 8.42 Å². The molecule has 2 aromatic rings. The van der Waals surface area contributed by atoms with Gasteiger partial charge in [-0.3, -0.25) is 0 Å². The molecule has 0 aliphatic rings. The molecule has 0 bridgehead atoms. The lowest BCUT2D eigenvalue weighted by atomic mass is 10.2. The second-order valence-corrected chi connectivity index (χ2v) is 5.90. The first-order valence-electron chi connectivity index (χ1n) is 6.19. The number of aryl methyl sites for hydroxylation is 1. The van der Waals surface area contributed by atoms with E-state index in [1.807, 2.05) is 6.92 Å². The van der Waals surface area contributed by atoms with Gasteiger partial charge in [0.05, 0.1) is 12.1 Å². The first kappa shape index (κ1) is 14.8. The van der Waals surface area contributed by atoms with E-state index in [1.165, 1.54) is 12.1 Å². The Morgan fingerprint density at radius 2 is 1.71 bits per heavy atom. The molecular formula is C16H13NO3S. The topological polar surface area (TPSA) is 67.2 Å². The number of hydrogen-bond donors (Lipinski definition) is 0. The van der Waals surface area contributed by atoms with Crippen molar-refractivity contribution < 1.29 is 12.6 Å². The van der Waals surface area contributed by atoms with E-state index in [1.54, 1.807) is 48.5 Å². The van der Waals surface area contributed by atoms with Gasteiger partial charge in [0.15, 0.2) is 5.76 Å². The normalized spacial score (nSPS) is 11.7. The van der Waals surface area contributed by atoms with Gasteiger partial charge in [-0.25, -0.2) is 0 Å². The minimum atomic E-state index is -3.97. The summed E-state index contributed by atoms with van der Waals surface area (Å²) in [5.74, 6) is -0.00123. The Kier molecular flexibility index (Phi) is 4.41. The zero-order valence-corrected chi connectivity index (χ0v) is 12.2. The molecule has 0 aliphatic carbocycles. The van der Waals surface area contributed by atoms with Crippen molar-refractivity contribution in [2.24, 2.45) is 0 Å². The molecule has 106 valence electrons.